The minimum Gasteiger partial charge on any atom is -0.382 e. The zero-order valence-electron chi connectivity index (χ0n) is 4.81. The average molecular weight is 226 g/mol. The SMILES string of the molecule is OC(I)C1CCCC1. The highest BCUT2D eigenvalue weighted by Crippen LogP contribution is 2.29. The summed E-state index contributed by atoms with van der Waals surface area (Å²) in [5, 5.41) is 9.04. The molecule has 0 spiro atoms. The Labute approximate surface area is 63.6 Å². The second-order valence-corrected chi connectivity index (χ2v) is 3.69. The number of alkyl halides is 1. The Morgan fingerprint density at radius 1 is 1.38 bits per heavy atom. The Morgan fingerprint density at radius 3 is 2.12 bits per heavy atom. The standard InChI is InChI=1S/C6H11IO/c7-6(8)5-3-1-2-4-5/h5-6,8H,1-4H2. The van der Waals surface area contributed by atoms with E-state index in [2.05, 4.69) is 22.6 Å². The van der Waals surface area contributed by atoms with E-state index >= 15 is 0 Å². The Hall–Kier alpha value is 0.690. The molecule has 0 aromatic carbocycles. The van der Waals surface area contributed by atoms with Crippen LogP contribution in [0.2, 0.25) is 0 Å². The lowest BCUT2D eigenvalue weighted by Crippen LogP contribution is -2.07. The molecule has 1 unspecified atom stereocenters. The van der Waals surface area contributed by atoms with Crippen LogP contribution in [-0.2, 0) is 0 Å². The molecule has 0 bridgehead atoms. The van der Waals surface area contributed by atoms with Gasteiger partial charge in [-0.25, -0.2) is 0 Å². The third-order valence-electron chi connectivity index (χ3n) is 1.79. The number of halogens is 1. The largest absolute Gasteiger partial charge is 0.382 e. The molecule has 2 heteroatoms. The summed E-state index contributed by atoms with van der Waals surface area (Å²) < 4.78 is -0.0879. The first-order chi connectivity index (χ1) is 3.80. The van der Waals surface area contributed by atoms with Crippen LogP contribution in [-0.4, -0.2) is 9.22 Å². The first-order valence-corrected chi connectivity index (χ1v) is 4.37. The Balaban J connectivity index is 2.24. The van der Waals surface area contributed by atoms with E-state index in [0.717, 1.165) is 0 Å². The summed E-state index contributed by atoms with van der Waals surface area (Å²) in [5.74, 6) is 0.607. The second-order valence-electron chi connectivity index (χ2n) is 2.42. The number of aliphatic hydroxyl groups is 1. The first-order valence-electron chi connectivity index (χ1n) is 3.13. The topological polar surface area (TPSA) is 20.2 Å². The summed E-state index contributed by atoms with van der Waals surface area (Å²) in [7, 11) is 0. The molecule has 1 fully saturated rings. The van der Waals surface area contributed by atoms with Crippen molar-refractivity contribution in [3.8, 4) is 0 Å². The lowest BCUT2D eigenvalue weighted by Gasteiger charge is -2.08. The summed E-state index contributed by atoms with van der Waals surface area (Å²) in [6, 6.07) is 0. The molecule has 1 saturated carbocycles. The van der Waals surface area contributed by atoms with Gasteiger partial charge in [0.25, 0.3) is 0 Å². The number of aliphatic hydroxyl groups excluding tert-OH is 1. The van der Waals surface area contributed by atoms with Crippen LogP contribution >= 0.6 is 22.6 Å². The van der Waals surface area contributed by atoms with E-state index in [1.165, 1.54) is 25.7 Å². The van der Waals surface area contributed by atoms with Gasteiger partial charge in [0.1, 0.15) is 4.11 Å². The fraction of sp³-hybridized carbons (Fsp3) is 1.00. The maximum absolute atomic E-state index is 9.04. The highest BCUT2D eigenvalue weighted by molar-refractivity contribution is 14.1. The fourth-order valence-corrected chi connectivity index (χ4v) is 1.95. The van der Waals surface area contributed by atoms with Gasteiger partial charge in [-0.2, -0.15) is 0 Å². The molecular weight excluding hydrogens is 215 g/mol. The highest BCUT2D eigenvalue weighted by atomic mass is 127. The first kappa shape index (κ1) is 6.81. The molecule has 1 aliphatic rings. The van der Waals surface area contributed by atoms with Crippen molar-refractivity contribution < 1.29 is 5.11 Å². The highest BCUT2D eigenvalue weighted by Gasteiger charge is 2.19. The molecule has 0 radical (unpaired) electrons. The zero-order chi connectivity index (χ0) is 5.98. The van der Waals surface area contributed by atoms with Crippen LogP contribution in [0.1, 0.15) is 25.7 Å². The quantitative estimate of drug-likeness (QED) is 0.535. The molecule has 8 heavy (non-hydrogen) atoms. The van der Waals surface area contributed by atoms with E-state index in [9.17, 15) is 0 Å². The summed E-state index contributed by atoms with van der Waals surface area (Å²) in [4.78, 5) is 0. The van der Waals surface area contributed by atoms with Gasteiger partial charge in [0, 0.05) is 0 Å². The second kappa shape index (κ2) is 3.01. The van der Waals surface area contributed by atoms with Crippen LogP contribution in [0.4, 0.5) is 0 Å². The van der Waals surface area contributed by atoms with E-state index in [-0.39, 0.29) is 4.11 Å². The summed E-state index contributed by atoms with van der Waals surface area (Å²) in [6.45, 7) is 0. The molecule has 1 N–H and O–H groups in total. The van der Waals surface area contributed by atoms with Gasteiger partial charge < -0.3 is 5.11 Å². The van der Waals surface area contributed by atoms with Gasteiger partial charge in [0.05, 0.1) is 0 Å². The third kappa shape index (κ3) is 1.58. The molecule has 0 aromatic heterocycles. The van der Waals surface area contributed by atoms with E-state index in [1.807, 2.05) is 0 Å². The van der Waals surface area contributed by atoms with Crippen molar-refractivity contribution in [1.82, 2.24) is 0 Å². The Bertz CT molecular complexity index is 66.9. The minimum absolute atomic E-state index is 0.0879. The molecule has 0 heterocycles. The van der Waals surface area contributed by atoms with Crippen LogP contribution < -0.4 is 0 Å². The van der Waals surface area contributed by atoms with Crippen molar-refractivity contribution in [2.24, 2.45) is 5.92 Å². The van der Waals surface area contributed by atoms with E-state index in [1.54, 1.807) is 0 Å². The maximum Gasteiger partial charge on any atom is 0.108 e. The predicted molar refractivity (Wildman–Crippen MR) is 42.0 cm³/mol. The lowest BCUT2D eigenvalue weighted by molar-refractivity contribution is 0.210. The Morgan fingerprint density at radius 2 is 1.88 bits per heavy atom. The van der Waals surface area contributed by atoms with Gasteiger partial charge in [-0.15, -0.1) is 0 Å². The smallest absolute Gasteiger partial charge is 0.108 e. The monoisotopic (exact) mass is 226 g/mol. The molecule has 48 valence electrons. The molecule has 1 atom stereocenters. The average Bonchev–Trinajstić information content (AvgIpc) is 2.12. The van der Waals surface area contributed by atoms with Gasteiger partial charge in [-0.3, -0.25) is 0 Å². The van der Waals surface area contributed by atoms with E-state index in [0.29, 0.717) is 5.92 Å². The molecule has 0 aliphatic heterocycles. The lowest BCUT2D eigenvalue weighted by atomic mass is 10.1. The number of hydrogen-bond acceptors (Lipinski definition) is 1. The zero-order valence-corrected chi connectivity index (χ0v) is 6.97. The van der Waals surface area contributed by atoms with Gasteiger partial charge in [0.2, 0.25) is 0 Å². The van der Waals surface area contributed by atoms with Gasteiger partial charge in [-0.05, 0) is 18.8 Å². The third-order valence-corrected chi connectivity index (χ3v) is 2.81. The maximum atomic E-state index is 9.04. The van der Waals surface area contributed by atoms with Crippen molar-refractivity contribution in [3.05, 3.63) is 0 Å². The van der Waals surface area contributed by atoms with E-state index < -0.39 is 0 Å². The fourth-order valence-electron chi connectivity index (χ4n) is 1.23. The molecule has 0 saturated heterocycles. The van der Waals surface area contributed by atoms with Gasteiger partial charge in [0.15, 0.2) is 0 Å². The van der Waals surface area contributed by atoms with Crippen molar-refractivity contribution in [2.75, 3.05) is 0 Å². The molecule has 1 rings (SSSR count). The minimum atomic E-state index is -0.0879. The summed E-state index contributed by atoms with van der Waals surface area (Å²) in [5.41, 5.74) is 0. The Kier molecular flexibility index (Phi) is 2.56. The van der Waals surface area contributed by atoms with Crippen molar-refractivity contribution in [3.63, 3.8) is 0 Å². The van der Waals surface area contributed by atoms with Crippen LogP contribution in [0.3, 0.4) is 0 Å². The van der Waals surface area contributed by atoms with Crippen molar-refractivity contribution in [2.45, 2.75) is 29.8 Å². The van der Waals surface area contributed by atoms with Crippen LogP contribution in [0.15, 0.2) is 0 Å². The van der Waals surface area contributed by atoms with Crippen LogP contribution in [0.5, 0.6) is 0 Å². The summed E-state index contributed by atoms with van der Waals surface area (Å²) in [6.07, 6.45) is 5.13. The van der Waals surface area contributed by atoms with Crippen molar-refractivity contribution in [1.29, 1.82) is 0 Å². The van der Waals surface area contributed by atoms with Crippen LogP contribution in [0.25, 0.3) is 0 Å². The van der Waals surface area contributed by atoms with Gasteiger partial charge in [-0.1, -0.05) is 35.4 Å². The van der Waals surface area contributed by atoms with Crippen molar-refractivity contribution >= 4 is 22.6 Å². The molecule has 0 amide bonds. The predicted octanol–water partition coefficient (Wildman–Crippen LogP) is 1.93. The number of rotatable bonds is 1. The van der Waals surface area contributed by atoms with E-state index in [4.69, 9.17) is 5.11 Å². The molecular formula is C6H11IO. The van der Waals surface area contributed by atoms with Gasteiger partial charge >= 0.3 is 0 Å². The molecule has 1 nitrogen and oxygen atoms in total. The number of hydrogen-bond donors (Lipinski definition) is 1. The molecule has 0 aromatic rings. The summed E-state index contributed by atoms with van der Waals surface area (Å²) >= 11 is 2.10. The van der Waals surface area contributed by atoms with Crippen LogP contribution in [0, 0.1) is 5.92 Å². The molecule has 1 aliphatic carbocycles. The normalized spacial score (nSPS) is 26.2.